The van der Waals surface area contributed by atoms with Gasteiger partial charge in [0.05, 0.1) is 11.4 Å². The number of benzene rings is 1. The smallest absolute Gasteiger partial charge is 0.339 e. The van der Waals surface area contributed by atoms with Crippen LogP contribution in [0.2, 0.25) is 0 Å². The van der Waals surface area contributed by atoms with E-state index in [0.717, 1.165) is 11.3 Å². The van der Waals surface area contributed by atoms with Gasteiger partial charge in [-0.15, -0.1) is 0 Å². The van der Waals surface area contributed by atoms with Gasteiger partial charge in [0, 0.05) is 18.0 Å². The number of pyridine rings is 1. The minimum Gasteiger partial charge on any atom is -0.478 e. The second-order valence-corrected chi connectivity index (χ2v) is 5.54. The average molecular weight is 307 g/mol. The Labute approximate surface area is 134 Å². The first-order valence-corrected chi connectivity index (χ1v) is 7.30. The molecule has 5 nitrogen and oxygen atoms in total. The first kappa shape index (κ1) is 15.0. The molecule has 0 bridgehead atoms. The van der Waals surface area contributed by atoms with E-state index in [1.165, 1.54) is 5.56 Å². The second-order valence-electron chi connectivity index (χ2n) is 5.54. The van der Waals surface area contributed by atoms with E-state index in [1.807, 2.05) is 38.1 Å². The lowest BCUT2D eigenvalue weighted by Crippen LogP contribution is -2.03. The molecule has 2 aromatic heterocycles. The van der Waals surface area contributed by atoms with E-state index < -0.39 is 5.97 Å². The van der Waals surface area contributed by atoms with E-state index in [4.69, 9.17) is 0 Å². The van der Waals surface area contributed by atoms with E-state index >= 15 is 0 Å². The molecular weight excluding hydrogens is 290 g/mol. The van der Waals surface area contributed by atoms with Crippen LogP contribution in [0.15, 0.2) is 42.7 Å². The van der Waals surface area contributed by atoms with Crippen molar-refractivity contribution in [3.63, 3.8) is 0 Å². The number of carboxylic acid groups (broad SMARTS) is 1. The summed E-state index contributed by atoms with van der Waals surface area (Å²) in [6.07, 6.45) is 3.27. The van der Waals surface area contributed by atoms with Crippen LogP contribution in [0.1, 0.15) is 27.2 Å². The van der Waals surface area contributed by atoms with Gasteiger partial charge in [-0.1, -0.05) is 6.07 Å². The first-order valence-electron chi connectivity index (χ1n) is 7.30. The average Bonchev–Trinajstić information content (AvgIpc) is 2.88. The van der Waals surface area contributed by atoms with Crippen LogP contribution in [0.3, 0.4) is 0 Å². The van der Waals surface area contributed by atoms with E-state index in [-0.39, 0.29) is 5.56 Å². The lowest BCUT2D eigenvalue weighted by molar-refractivity contribution is 0.0697. The zero-order valence-electron chi connectivity index (χ0n) is 13.2. The van der Waals surface area contributed by atoms with Crippen molar-refractivity contribution in [2.45, 2.75) is 20.8 Å². The van der Waals surface area contributed by atoms with Gasteiger partial charge in [0.25, 0.3) is 0 Å². The molecule has 23 heavy (non-hydrogen) atoms. The predicted octanol–water partition coefficient (Wildman–Crippen LogP) is 3.56. The summed E-state index contributed by atoms with van der Waals surface area (Å²) in [5, 5.41) is 14.1. The zero-order chi connectivity index (χ0) is 16.6. The molecule has 0 amide bonds. The number of aromatic carboxylic acids is 1. The van der Waals surface area contributed by atoms with Crippen LogP contribution in [0.25, 0.3) is 16.9 Å². The Morgan fingerprint density at radius 3 is 2.52 bits per heavy atom. The van der Waals surface area contributed by atoms with Crippen molar-refractivity contribution in [2.24, 2.45) is 0 Å². The highest BCUT2D eigenvalue weighted by molar-refractivity contribution is 5.96. The van der Waals surface area contributed by atoms with Gasteiger partial charge in [0.1, 0.15) is 11.3 Å². The van der Waals surface area contributed by atoms with Crippen LogP contribution >= 0.6 is 0 Å². The lowest BCUT2D eigenvalue weighted by atomic mass is 10.1. The molecule has 3 aromatic rings. The summed E-state index contributed by atoms with van der Waals surface area (Å²) in [7, 11) is 0. The SMILES string of the molecule is Cc1ccc(-n2nc(-c3cccnc3)c(C(=O)O)c2C)cc1C. The number of hydrogen-bond acceptors (Lipinski definition) is 3. The standard InChI is InChI=1S/C18H17N3O2/c1-11-6-7-15(9-12(11)2)21-13(3)16(18(22)23)17(20-21)14-5-4-8-19-10-14/h4-10H,1-3H3,(H,22,23). The molecular formula is C18H17N3O2. The van der Waals surface area contributed by atoms with Gasteiger partial charge in [-0.05, 0) is 56.2 Å². The van der Waals surface area contributed by atoms with Crippen LogP contribution in [0.5, 0.6) is 0 Å². The first-order chi connectivity index (χ1) is 11.0. The van der Waals surface area contributed by atoms with Crippen LogP contribution in [-0.4, -0.2) is 25.8 Å². The summed E-state index contributed by atoms with van der Waals surface area (Å²) in [5.41, 5.74) is 5.10. The fourth-order valence-electron chi connectivity index (χ4n) is 2.57. The molecule has 0 aliphatic carbocycles. The zero-order valence-corrected chi connectivity index (χ0v) is 13.2. The van der Waals surface area contributed by atoms with E-state index in [9.17, 15) is 9.90 Å². The van der Waals surface area contributed by atoms with Gasteiger partial charge in [-0.3, -0.25) is 4.98 Å². The van der Waals surface area contributed by atoms with E-state index in [1.54, 1.807) is 30.1 Å². The Morgan fingerprint density at radius 1 is 1.13 bits per heavy atom. The largest absolute Gasteiger partial charge is 0.478 e. The Hall–Kier alpha value is -2.95. The maximum Gasteiger partial charge on any atom is 0.339 e. The molecule has 5 heteroatoms. The minimum atomic E-state index is -0.989. The van der Waals surface area contributed by atoms with Crippen molar-refractivity contribution in [1.82, 2.24) is 14.8 Å². The van der Waals surface area contributed by atoms with Gasteiger partial charge in [-0.25, -0.2) is 9.48 Å². The summed E-state index contributed by atoms with van der Waals surface area (Å²) in [4.78, 5) is 15.8. The highest BCUT2D eigenvalue weighted by Crippen LogP contribution is 2.27. The molecule has 0 aliphatic rings. The fourth-order valence-corrected chi connectivity index (χ4v) is 2.57. The number of carbonyl (C=O) groups is 1. The molecule has 0 aliphatic heterocycles. The number of rotatable bonds is 3. The van der Waals surface area contributed by atoms with Crippen LogP contribution in [-0.2, 0) is 0 Å². The summed E-state index contributed by atoms with van der Waals surface area (Å²) in [6, 6.07) is 9.54. The van der Waals surface area contributed by atoms with Crippen LogP contribution in [0.4, 0.5) is 0 Å². The molecule has 0 saturated heterocycles. The monoisotopic (exact) mass is 307 g/mol. The van der Waals surface area contributed by atoms with E-state index in [2.05, 4.69) is 10.1 Å². The molecule has 0 unspecified atom stereocenters. The number of nitrogens with zero attached hydrogens (tertiary/aromatic N) is 3. The van der Waals surface area contributed by atoms with Crippen molar-refractivity contribution in [3.05, 3.63) is 65.1 Å². The molecule has 0 atom stereocenters. The maximum absolute atomic E-state index is 11.7. The quantitative estimate of drug-likeness (QED) is 0.803. The summed E-state index contributed by atoms with van der Waals surface area (Å²) < 4.78 is 1.68. The molecule has 2 heterocycles. The highest BCUT2D eigenvalue weighted by Gasteiger charge is 2.22. The van der Waals surface area contributed by atoms with Gasteiger partial charge < -0.3 is 5.11 Å². The third-order valence-electron chi connectivity index (χ3n) is 4.00. The van der Waals surface area contributed by atoms with Crippen molar-refractivity contribution >= 4 is 5.97 Å². The third-order valence-corrected chi connectivity index (χ3v) is 4.00. The minimum absolute atomic E-state index is 0.205. The Morgan fingerprint density at radius 2 is 1.91 bits per heavy atom. The highest BCUT2D eigenvalue weighted by atomic mass is 16.4. The van der Waals surface area contributed by atoms with Crippen molar-refractivity contribution < 1.29 is 9.90 Å². The molecule has 1 aromatic carbocycles. The Bertz CT molecular complexity index is 883. The molecule has 3 rings (SSSR count). The van der Waals surface area contributed by atoms with Crippen molar-refractivity contribution in [1.29, 1.82) is 0 Å². The van der Waals surface area contributed by atoms with Gasteiger partial charge in [-0.2, -0.15) is 5.10 Å². The van der Waals surface area contributed by atoms with Gasteiger partial charge >= 0.3 is 5.97 Å². The summed E-state index contributed by atoms with van der Waals surface area (Å²) in [5.74, 6) is -0.989. The van der Waals surface area contributed by atoms with Crippen molar-refractivity contribution in [2.75, 3.05) is 0 Å². The van der Waals surface area contributed by atoms with Crippen LogP contribution in [0, 0.1) is 20.8 Å². The molecule has 1 N–H and O–H groups in total. The molecule has 0 fully saturated rings. The number of hydrogen-bond donors (Lipinski definition) is 1. The van der Waals surface area contributed by atoms with Gasteiger partial charge in [0.15, 0.2) is 0 Å². The maximum atomic E-state index is 11.7. The molecule has 116 valence electrons. The van der Waals surface area contributed by atoms with Crippen LogP contribution < -0.4 is 0 Å². The third kappa shape index (κ3) is 2.61. The number of aromatic nitrogens is 3. The molecule has 0 spiro atoms. The summed E-state index contributed by atoms with van der Waals surface area (Å²) >= 11 is 0. The number of carboxylic acids is 1. The molecule has 0 saturated carbocycles. The Balaban J connectivity index is 2.23. The second kappa shape index (κ2) is 5.68. The van der Waals surface area contributed by atoms with Crippen molar-refractivity contribution in [3.8, 4) is 16.9 Å². The fraction of sp³-hybridized carbons (Fsp3) is 0.167. The Kier molecular flexibility index (Phi) is 3.70. The predicted molar refractivity (Wildman–Crippen MR) is 88.0 cm³/mol. The van der Waals surface area contributed by atoms with Gasteiger partial charge in [0.2, 0.25) is 0 Å². The van der Waals surface area contributed by atoms with E-state index in [0.29, 0.717) is 17.0 Å². The lowest BCUT2D eigenvalue weighted by Gasteiger charge is -2.07. The normalized spacial score (nSPS) is 10.7. The summed E-state index contributed by atoms with van der Waals surface area (Å²) in [6.45, 7) is 5.84. The molecule has 0 radical (unpaired) electrons. The number of aryl methyl sites for hydroxylation is 2. The topological polar surface area (TPSA) is 68.0 Å².